The van der Waals surface area contributed by atoms with Crippen molar-refractivity contribution in [3.8, 4) is 0 Å². The topological polar surface area (TPSA) is 63.3 Å². The molecule has 2 heterocycles. The SMILES string of the molecule is CC1CC1c1ccc(CN(C(=O)NCc2ccc(Cn3cnc4ccccc43)cc2)C2CC2)o1. The maximum Gasteiger partial charge on any atom is 0.318 e. The first kappa shape index (κ1) is 21.0. The fourth-order valence-electron chi connectivity index (χ4n) is 4.69. The predicted molar refractivity (Wildman–Crippen MR) is 131 cm³/mol. The number of amides is 2. The molecule has 0 saturated heterocycles. The van der Waals surface area contributed by atoms with Gasteiger partial charge in [0.15, 0.2) is 0 Å². The molecule has 2 aromatic heterocycles. The van der Waals surface area contributed by atoms with Crippen LogP contribution in [0.3, 0.4) is 0 Å². The molecule has 4 aromatic rings. The Morgan fingerprint density at radius 3 is 2.62 bits per heavy atom. The molecule has 2 aliphatic carbocycles. The lowest BCUT2D eigenvalue weighted by atomic mass is 10.1. The summed E-state index contributed by atoms with van der Waals surface area (Å²) in [6.07, 6.45) is 5.23. The van der Waals surface area contributed by atoms with Gasteiger partial charge in [-0.05, 0) is 60.6 Å². The minimum atomic E-state index is -0.0193. The van der Waals surface area contributed by atoms with Gasteiger partial charge < -0.3 is 19.2 Å². The number of fused-ring (bicyclic) bond motifs is 1. The van der Waals surface area contributed by atoms with Gasteiger partial charge in [-0.15, -0.1) is 0 Å². The van der Waals surface area contributed by atoms with Crippen LogP contribution in [0.25, 0.3) is 11.0 Å². The van der Waals surface area contributed by atoms with Crippen LogP contribution in [0.15, 0.2) is 71.4 Å². The summed E-state index contributed by atoms with van der Waals surface area (Å²) in [5, 5.41) is 3.11. The van der Waals surface area contributed by atoms with Crippen molar-refractivity contribution in [3.05, 3.63) is 89.6 Å². The summed E-state index contributed by atoms with van der Waals surface area (Å²) in [7, 11) is 0. The molecule has 174 valence electrons. The lowest BCUT2D eigenvalue weighted by molar-refractivity contribution is 0.186. The number of imidazole rings is 1. The lowest BCUT2D eigenvalue weighted by Crippen LogP contribution is -2.40. The molecule has 6 nitrogen and oxygen atoms in total. The summed E-state index contributed by atoms with van der Waals surface area (Å²) in [5.41, 5.74) is 4.44. The van der Waals surface area contributed by atoms with Gasteiger partial charge in [-0.1, -0.05) is 43.3 Å². The second kappa shape index (κ2) is 8.67. The van der Waals surface area contributed by atoms with Gasteiger partial charge >= 0.3 is 6.03 Å². The molecule has 6 rings (SSSR count). The highest BCUT2D eigenvalue weighted by Crippen LogP contribution is 2.47. The number of benzene rings is 2. The number of furan rings is 1. The fraction of sp³-hybridized carbons (Fsp3) is 0.357. The van der Waals surface area contributed by atoms with Crippen molar-refractivity contribution in [1.82, 2.24) is 19.8 Å². The van der Waals surface area contributed by atoms with Crippen LogP contribution in [0.1, 0.15) is 54.8 Å². The smallest absolute Gasteiger partial charge is 0.318 e. The van der Waals surface area contributed by atoms with Gasteiger partial charge in [0.25, 0.3) is 0 Å². The minimum absolute atomic E-state index is 0.0193. The zero-order valence-electron chi connectivity index (χ0n) is 19.5. The number of hydrogen-bond donors (Lipinski definition) is 1. The van der Waals surface area contributed by atoms with Crippen LogP contribution in [-0.4, -0.2) is 26.5 Å². The molecule has 2 fully saturated rings. The van der Waals surface area contributed by atoms with Crippen molar-refractivity contribution >= 4 is 17.1 Å². The zero-order chi connectivity index (χ0) is 23.1. The van der Waals surface area contributed by atoms with Crippen molar-refractivity contribution in [2.75, 3.05) is 0 Å². The molecule has 0 aliphatic heterocycles. The number of aromatic nitrogens is 2. The van der Waals surface area contributed by atoms with Gasteiger partial charge in [0.1, 0.15) is 11.5 Å². The van der Waals surface area contributed by atoms with E-state index >= 15 is 0 Å². The van der Waals surface area contributed by atoms with Gasteiger partial charge in [0.05, 0.1) is 23.9 Å². The van der Waals surface area contributed by atoms with Crippen molar-refractivity contribution in [1.29, 1.82) is 0 Å². The monoisotopic (exact) mass is 454 g/mol. The maximum absolute atomic E-state index is 13.0. The van der Waals surface area contributed by atoms with Gasteiger partial charge in [0.2, 0.25) is 0 Å². The van der Waals surface area contributed by atoms with Crippen molar-refractivity contribution in [2.24, 2.45) is 5.92 Å². The molecule has 0 spiro atoms. The second-order valence-corrected chi connectivity index (χ2v) is 9.82. The molecule has 34 heavy (non-hydrogen) atoms. The Morgan fingerprint density at radius 1 is 1.09 bits per heavy atom. The number of urea groups is 1. The van der Waals surface area contributed by atoms with Crippen molar-refractivity contribution < 1.29 is 9.21 Å². The highest BCUT2D eigenvalue weighted by atomic mass is 16.3. The standard InChI is InChI=1S/C28H30N4O2/c1-19-14-24(19)27-13-12-23(34-27)17-32(22-10-11-22)28(33)29-15-20-6-8-21(9-7-20)16-31-18-30-25-4-2-3-5-26(25)31/h2-9,12-13,18-19,22,24H,10-11,14-17H2,1H3,(H,29,33). The third kappa shape index (κ3) is 4.45. The Balaban J connectivity index is 1.05. The molecule has 0 radical (unpaired) electrons. The molecule has 2 atom stereocenters. The van der Waals surface area contributed by atoms with Gasteiger partial charge in [-0.3, -0.25) is 0 Å². The van der Waals surface area contributed by atoms with Crippen LogP contribution in [0, 0.1) is 5.92 Å². The molecule has 6 heteroatoms. The summed E-state index contributed by atoms with van der Waals surface area (Å²) < 4.78 is 8.21. The van der Waals surface area contributed by atoms with E-state index in [-0.39, 0.29) is 6.03 Å². The van der Waals surface area contributed by atoms with E-state index in [1.165, 1.54) is 12.0 Å². The summed E-state index contributed by atoms with van der Waals surface area (Å²) in [4.78, 5) is 19.4. The Kier molecular flexibility index (Phi) is 5.36. The summed E-state index contributed by atoms with van der Waals surface area (Å²) in [6.45, 7) is 4.07. The average molecular weight is 455 g/mol. The number of hydrogen-bond acceptors (Lipinski definition) is 3. The van der Waals surface area contributed by atoms with Crippen LogP contribution in [0.5, 0.6) is 0 Å². The number of carbonyl (C=O) groups excluding carboxylic acids is 1. The molecular formula is C28H30N4O2. The third-order valence-corrected chi connectivity index (χ3v) is 7.08. The van der Waals surface area contributed by atoms with E-state index < -0.39 is 0 Å². The molecule has 2 saturated carbocycles. The van der Waals surface area contributed by atoms with Gasteiger partial charge in [-0.2, -0.15) is 0 Å². The zero-order valence-corrected chi connectivity index (χ0v) is 19.5. The number of nitrogens with one attached hydrogen (secondary N) is 1. The quantitative estimate of drug-likeness (QED) is 0.373. The summed E-state index contributed by atoms with van der Waals surface area (Å²) in [5.74, 6) is 3.23. The Bertz CT molecular complexity index is 1300. The Hall–Kier alpha value is -3.54. The van der Waals surface area contributed by atoms with E-state index in [2.05, 4.69) is 58.2 Å². The first-order chi connectivity index (χ1) is 16.6. The molecule has 2 aromatic carbocycles. The van der Waals surface area contributed by atoms with Gasteiger partial charge in [-0.25, -0.2) is 9.78 Å². The average Bonchev–Trinajstić information content (AvgIpc) is 3.75. The Labute approximate surface area is 199 Å². The fourth-order valence-corrected chi connectivity index (χ4v) is 4.69. The third-order valence-electron chi connectivity index (χ3n) is 7.08. The lowest BCUT2D eigenvalue weighted by Gasteiger charge is -2.22. The second-order valence-electron chi connectivity index (χ2n) is 9.82. The maximum atomic E-state index is 13.0. The van der Waals surface area contributed by atoms with E-state index in [1.807, 2.05) is 35.5 Å². The van der Waals surface area contributed by atoms with Crippen molar-refractivity contribution in [3.63, 3.8) is 0 Å². The molecule has 1 N–H and O–H groups in total. The van der Waals surface area contributed by atoms with Crippen LogP contribution >= 0.6 is 0 Å². The first-order valence-electron chi connectivity index (χ1n) is 12.2. The largest absolute Gasteiger partial charge is 0.464 e. The normalized spacial score (nSPS) is 19.3. The molecular weight excluding hydrogens is 424 g/mol. The number of para-hydroxylation sites is 2. The van der Waals surface area contributed by atoms with E-state index in [9.17, 15) is 4.79 Å². The highest BCUT2D eigenvalue weighted by molar-refractivity contribution is 5.75. The molecule has 2 aliphatic rings. The molecule has 2 amide bonds. The first-order valence-corrected chi connectivity index (χ1v) is 12.2. The predicted octanol–water partition coefficient (Wildman–Crippen LogP) is 5.68. The summed E-state index contributed by atoms with van der Waals surface area (Å²) >= 11 is 0. The molecule has 0 bridgehead atoms. The minimum Gasteiger partial charge on any atom is -0.464 e. The van der Waals surface area contributed by atoms with Crippen LogP contribution in [-0.2, 0) is 19.6 Å². The van der Waals surface area contributed by atoms with Crippen LogP contribution in [0.4, 0.5) is 4.79 Å². The number of carbonyl (C=O) groups is 1. The highest BCUT2D eigenvalue weighted by Gasteiger charge is 2.37. The number of nitrogens with zero attached hydrogens (tertiary/aromatic N) is 3. The van der Waals surface area contributed by atoms with E-state index in [4.69, 9.17) is 4.42 Å². The Morgan fingerprint density at radius 2 is 1.85 bits per heavy atom. The van der Waals surface area contributed by atoms with E-state index in [1.54, 1.807) is 0 Å². The number of rotatable bonds is 8. The van der Waals surface area contributed by atoms with E-state index in [0.29, 0.717) is 31.0 Å². The van der Waals surface area contributed by atoms with Gasteiger partial charge in [0, 0.05) is 25.0 Å². The van der Waals surface area contributed by atoms with Crippen molar-refractivity contribution in [2.45, 2.75) is 57.8 Å². The molecule has 2 unspecified atom stereocenters. The van der Waals surface area contributed by atoms with Crippen LogP contribution in [0.2, 0.25) is 0 Å². The summed E-state index contributed by atoms with van der Waals surface area (Å²) in [6, 6.07) is 21.0. The van der Waals surface area contributed by atoms with Crippen LogP contribution < -0.4 is 5.32 Å². The van der Waals surface area contributed by atoms with E-state index in [0.717, 1.165) is 47.5 Å².